The van der Waals surface area contributed by atoms with E-state index in [1.807, 2.05) is 6.07 Å². The first-order valence-electron chi connectivity index (χ1n) is 7.36. The molecule has 0 unspecified atom stereocenters. The van der Waals surface area contributed by atoms with Crippen molar-refractivity contribution in [1.29, 1.82) is 0 Å². The van der Waals surface area contributed by atoms with E-state index in [0.717, 1.165) is 24.1 Å². The Morgan fingerprint density at radius 3 is 2.50 bits per heavy atom. The van der Waals surface area contributed by atoms with Gasteiger partial charge in [0.05, 0.1) is 0 Å². The summed E-state index contributed by atoms with van der Waals surface area (Å²) in [6.45, 7) is 3.42. The lowest BCUT2D eigenvalue weighted by Gasteiger charge is -2.12. The molecule has 0 aliphatic carbocycles. The smallest absolute Gasteiger partial charge is 0.123 e. The van der Waals surface area contributed by atoms with E-state index >= 15 is 0 Å². The number of terminal acetylenes is 1. The highest BCUT2D eigenvalue weighted by molar-refractivity contribution is 5.49. The molecular weight excluding hydrogens is 275 g/mol. The lowest BCUT2D eigenvalue weighted by Crippen LogP contribution is -2.06. The number of anilines is 1. The molecule has 0 amide bonds. The predicted octanol–water partition coefficient (Wildman–Crippen LogP) is 3.75. The molecule has 0 atom stereocenters. The third-order valence-electron chi connectivity index (χ3n) is 3.39. The number of benzene rings is 2. The first-order chi connectivity index (χ1) is 10.7. The SMILES string of the molecule is C#C.CCc1ccc(NCc2cccc(F)c2)cc1CCN. The standard InChI is InChI=1S/C17H21FN2.C2H2/c1-2-14-6-7-17(11-15(14)8-9-19)20-12-13-4-3-5-16(18)10-13;1-2/h3-7,10-11,20H,2,8-9,12,19H2,1H3;1-2H. The summed E-state index contributed by atoms with van der Waals surface area (Å²) in [5, 5.41) is 3.33. The van der Waals surface area contributed by atoms with E-state index in [1.165, 1.54) is 17.2 Å². The molecule has 3 N–H and O–H groups in total. The van der Waals surface area contributed by atoms with Crippen LogP contribution >= 0.6 is 0 Å². The molecule has 116 valence electrons. The fourth-order valence-electron chi connectivity index (χ4n) is 2.32. The fraction of sp³-hybridized carbons (Fsp3) is 0.263. The normalized spacial score (nSPS) is 9.68. The van der Waals surface area contributed by atoms with E-state index in [0.29, 0.717) is 13.1 Å². The van der Waals surface area contributed by atoms with Crippen LogP contribution in [0.2, 0.25) is 0 Å². The van der Waals surface area contributed by atoms with Crippen LogP contribution in [-0.4, -0.2) is 6.54 Å². The van der Waals surface area contributed by atoms with Crippen LogP contribution in [0.5, 0.6) is 0 Å². The van der Waals surface area contributed by atoms with E-state index in [4.69, 9.17) is 5.73 Å². The van der Waals surface area contributed by atoms with Crippen molar-refractivity contribution in [3.05, 3.63) is 65.0 Å². The van der Waals surface area contributed by atoms with Crippen molar-refractivity contribution in [2.75, 3.05) is 11.9 Å². The van der Waals surface area contributed by atoms with Gasteiger partial charge in [-0.3, -0.25) is 0 Å². The Labute approximate surface area is 132 Å². The molecule has 0 fully saturated rings. The lowest BCUT2D eigenvalue weighted by molar-refractivity contribution is 0.626. The Hall–Kier alpha value is -2.31. The molecule has 0 radical (unpaired) electrons. The molecule has 0 spiro atoms. The molecule has 3 heteroatoms. The minimum atomic E-state index is -0.200. The maximum absolute atomic E-state index is 13.1. The average Bonchev–Trinajstić information content (AvgIpc) is 2.55. The van der Waals surface area contributed by atoms with E-state index in [-0.39, 0.29) is 5.82 Å². The third-order valence-corrected chi connectivity index (χ3v) is 3.39. The largest absolute Gasteiger partial charge is 0.381 e. The van der Waals surface area contributed by atoms with Crippen LogP contribution in [0.1, 0.15) is 23.6 Å². The monoisotopic (exact) mass is 298 g/mol. The highest BCUT2D eigenvalue weighted by atomic mass is 19.1. The van der Waals surface area contributed by atoms with Crippen LogP contribution in [0.3, 0.4) is 0 Å². The van der Waals surface area contributed by atoms with Gasteiger partial charge in [-0.25, -0.2) is 4.39 Å². The number of hydrogen-bond donors (Lipinski definition) is 2. The molecule has 2 nitrogen and oxygen atoms in total. The van der Waals surface area contributed by atoms with Gasteiger partial charge in [-0.1, -0.05) is 25.1 Å². The molecule has 0 aromatic heterocycles. The van der Waals surface area contributed by atoms with E-state index in [1.54, 1.807) is 12.1 Å². The first-order valence-corrected chi connectivity index (χ1v) is 7.36. The van der Waals surface area contributed by atoms with Gasteiger partial charge in [0.2, 0.25) is 0 Å². The summed E-state index contributed by atoms with van der Waals surface area (Å²) < 4.78 is 13.1. The van der Waals surface area contributed by atoms with Crippen molar-refractivity contribution in [1.82, 2.24) is 0 Å². The number of halogens is 1. The summed E-state index contributed by atoms with van der Waals surface area (Å²) in [6, 6.07) is 13.0. The summed E-state index contributed by atoms with van der Waals surface area (Å²) in [7, 11) is 0. The number of rotatable bonds is 6. The van der Waals surface area contributed by atoms with Gasteiger partial charge in [0.1, 0.15) is 5.82 Å². The zero-order valence-corrected chi connectivity index (χ0v) is 13.0. The Morgan fingerprint density at radius 1 is 1.09 bits per heavy atom. The maximum Gasteiger partial charge on any atom is 0.123 e. The Balaban J connectivity index is 0.00000116. The minimum Gasteiger partial charge on any atom is -0.381 e. The van der Waals surface area contributed by atoms with Crippen LogP contribution in [-0.2, 0) is 19.4 Å². The predicted molar refractivity (Wildman–Crippen MR) is 92.2 cm³/mol. The van der Waals surface area contributed by atoms with Crippen molar-refractivity contribution in [3.8, 4) is 12.8 Å². The van der Waals surface area contributed by atoms with Crippen molar-refractivity contribution in [2.45, 2.75) is 26.3 Å². The Kier molecular flexibility index (Phi) is 7.74. The van der Waals surface area contributed by atoms with Crippen molar-refractivity contribution >= 4 is 5.69 Å². The van der Waals surface area contributed by atoms with Gasteiger partial charge in [0.15, 0.2) is 0 Å². The highest BCUT2D eigenvalue weighted by Crippen LogP contribution is 2.18. The molecule has 0 aliphatic heterocycles. The maximum atomic E-state index is 13.1. The van der Waals surface area contributed by atoms with E-state index < -0.39 is 0 Å². The number of hydrogen-bond acceptors (Lipinski definition) is 2. The fourth-order valence-corrected chi connectivity index (χ4v) is 2.32. The van der Waals surface area contributed by atoms with Crippen LogP contribution in [0.25, 0.3) is 0 Å². The number of nitrogens with one attached hydrogen (secondary N) is 1. The molecule has 2 rings (SSSR count). The van der Waals surface area contributed by atoms with Gasteiger partial charge in [-0.2, -0.15) is 0 Å². The van der Waals surface area contributed by atoms with E-state index in [9.17, 15) is 4.39 Å². The second-order valence-corrected chi connectivity index (χ2v) is 4.86. The molecule has 0 bridgehead atoms. The van der Waals surface area contributed by atoms with Crippen molar-refractivity contribution < 1.29 is 4.39 Å². The third kappa shape index (κ3) is 5.23. The van der Waals surface area contributed by atoms with Gasteiger partial charge in [0, 0.05) is 12.2 Å². The highest BCUT2D eigenvalue weighted by Gasteiger charge is 2.02. The summed E-state index contributed by atoms with van der Waals surface area (Å²) in [5.74, 6) is -0.200. The van der Waals surface area contributed by atoms with Gasteiger partial charge >= 0.3 is 0 Å². The van der Waals surface area contributed by atoms with Gasteiger partial charge in [-0.15, -0.1) is 12.8 Å². The minimum absolute atomic E-state index is 0.200. The topological polar surface area (TPSA) is 38.0 Å². The second-order valence-electron chi connectivity index (χ2n) is 4.86. The molecule has 0 heterocycles. The van der Waals surface area contributed by atoms with Crippen LogP contribution in [0, 0.1) is 18.7 Å². The van der Waals surface area contributed by atoms with E-state index in [2.05, 4.69) is 43.3 Å². The van der Waals surface area contributed by atoms with Gasteiger partial charge in [0.25, 0.3) is 0 Å². The van der Waals surface area contributed by atoms with Gasteiger partial charge in [-0.05, 0) is 60.3 Å². The zero-order chi connectivity index (χ0) is 16.4. The summed E-state index contributed by atoms with van der Waals surface area (Å²) in [6.07, 6.45) is 9.90. The molecule has 0 aliphatic rings. The van der Waals surface area contributed by atoms with Crippen molar-refractivity contribution in [2.24, 2.45) is 5.73 Å². The van der Waals surface area contributed by atoms with Crippen LogP contribution in [0.15, 0.2) is 42.5 Å². The molecule has 0 saturated carbocycles. The average molecular weight is 298 g/mol. The summed E-state index contributed by atoms with van der Waals surface area (Å²) in [5.41, 5.74) is 10.3. The van der Waals surface area contributed by atoms with Gasteiger partial charge < -0.3 is 11.1 Å². The lowest BCUT2D eigenvalue weighted by atomic mass is 10.0. The Bertz CT molecular complexity index is 605. The Morgan fingerprint density at radius 2 is 1.86 bits per heavy atom. The molecule has 0 saturated heterocycles. The molecule has 2 aromatic carbocycles. The summed E-state index contributed by atoms with van der Waals surface area (Å²) in [4.78, 5) is 0. The van der Waals surface area contributed by atoms with Crippen LogP contribution in [0.4, 0.5) is 10.1 Å². The first kappa shape index (κ1) is 17.7. The number of aryl methyl sites for hydroxylation is 1. The molecular formula is C19H23FN2. The zero-order valence-electron chi connectivity index (χ0n) is 13.0. The quantitative estimate of drug-likeness (QED) is 0.797. The van der Waals surface area contributed by atoms with Crippen molar-refractivity contribution in [3.63, 3.8) is 0 Å². The summed E-state index contributed by atoms with van der Waals surface area (Å²) >= 11 is 0. The number of nitrogens with two attached hydrogens (primary N) is 1. The molecule has 22 heavy (non-hydrogen) atoms. The second kappa shape index (κ2) is 9.59. The van der Waals surface area contributed by atoms with Crippen LogP contribution < -0.4 is 11.1 Å². The molecule has 2 aromatic rings.